The molecule has 33 heavy (non-hydrogen) atoms. The van der Waals surface area contributed by atoms with Crippen molar-refractivity contribution in [3.05, 3.63) is 23.4 Å². The smallest absolute Gasteiger partial charge is 0.204 e. The number of halogens is 17. The zero-order valence-corrected chi connectivity index (χ0v) is 16.9. The molecule has 0 unspecified atom stereocenters. The van der Waals surface area contributed by atoms with Gasteiger partial charge in [0.2, 0.25) is 0 Å². The van der Waals surface area contributed by atoms with E-state index in [1.165, 1.54) is 0 Å². The first-order valence-corrected chi connectivity index (χ1v) is 11.2. The fourth-order valence-electron chi connectivity index (χ4n) is 2.67. The standard InChI is InChI=1S/C15H11F17Si/c1-33(2,7-5-3-4-6-7)15(31,32)13(26,27)11(22,23)9(18,19)8(16,17)10(20,21)12(24,25)14(28,29)30/h3-5H,6H2,1-2H3. The lowest BCUT2D eigenvalue weighted by atomic mass is 9.91. The zero-order chi connectivity index (χ0) is 26.9. The summed E-state index contributed by atoms with van der Waals surface area (Å²) in [6, 6.07) is 0. The summed E-state index contributed by atoms with van der Waals surface area (Å²) < 4.78 is 227. The maximum absolute atomic E-state index is 14.4. The molecule has 1 aliphatic carbocycles. The highest BCUT2D eigenvalue weighted by atomic mass is 28.3. The van der Waals surface area contributed by atoms with Gasteiger partial charge in [-0.1, -0.05) is 36.5 Å². The molecule has 1 rings (SSSR count). The predicted octanol–water partition coefficient (Wildman–Crippen LogP) is 7.67. The molecule has 0 fully saturated rings. The lowest BCUT2D eigenvalue weighted by molar-refractivity contribution is -0.458. The van der Waals surface area contributed by atoms with Crippen LogP contribution in [0.4, 0.5) is 74.6 Å². The third-order valence-electron chi connectivity index (χ3n) is 5.08. The molecule has 0 aliphatic heterocycles. The van der Waals surface area contributed by atoms with Gasteiger partial charge in [-0.3, -0.25) is 0 Å². The Morgan fingerprint density at radius 1 is 0.545 bits per heavy atom. The van der Waals surface area contributed by atoms with Crippen LogP contribution in [0.2, 0.25) is 13.1 Å². The second kappa shape index (κ2) is 7.50. The fraction of sp³-hybridized carbons (Fsp3) is 0.733. The minimum atomic E-state index is -8.60. The first-order chi connectivity index (χ1) is 14.1. The lowest BCUT2D eigenvalue weighted by Gasteiger charge is -2.45. The number of hydrogen-bond acceptors (Lipinski definition) is 0. The van der Waals surface area contributed by atoms with Crippen molar-refractivity contribution in [3.8, 4) is 0 Å². The van der Waals surface area contributed by atoms with Crippen molar-refractivity contribution in [2.24, 2.45) is 0 Å². The lowest BCUT2D eigenvalue weighted by Crippen LogP contribution is -2.76. The SMILES string of the molecule is C[Si](C)(C1=CC=CC1)C(F)(F)C(F)(F)C(F)(F)C(F)(F)C(F)(F)C(F)(F)C(F)(F)C(F)(F)F. The van der Waals surface area contributed by atoms with Crippen molar-refractivity contribution in [1.29, 1.82) is 0 Å². The van der Waals surface area contributed by atoms with Gasteiger partial charge >= 0.3 is 47.3 Å². The largest absolute Gasteiger partial charge is 0.460 e. The summed E-state index contributed by atoms with van der Waals surface area (Å²) in [6.07, 6.45) is -5.66. The third-order valence-corrected chi connectivity index (χ3v) is 8.94. The van der Waals surface area contributed by atoms with E-state index in [4.69, 9.17) is 0 Å². The van der Waals surface area contributed by atoms with Crippen LogP contribution in [0.3, 0.4) is 0 Å². The molecule has 0 heterocycles. The van der Waals surface area contributed by atoms with Crippen molar-refractivity contribution < 1.29 is 74.6 Å². The Balaban J connectivity index is 3.70. The monoisotopic (exact) mass is 542 g/mol. The van der Waals surface area contributed by atoms with Gasteiger partial charge in [0.25, 0.3) is 0 Å². The van der Waals surface area contributed by atoms with Crippen molar-refractivity contribution in [1.82, 2.24) is 0 Å². The van der Waals surface area contributed by atoms with Gasteiger partial charge in [-0.25, -0.2) is 8.78 Å². The summed E-state index contributed by atoms with van der Waals surface area (Å²) in [5.41, 5.74) is -6.32. The molecule has 0 aromatic heterocycles. The predicted molar refractivity (Wildman–Crippen MR) is 80.0 cm³/mol. The van der Waals surface area contributed by atoms with E-state index in [1.54, 1.807) is 0 Å². The summed E-state index contributed by atoms with van der Waals surface area (Å²) in [4.78, 5) is 0. The second-order valence-electron chi connectivity index (χ2n) is 7.47. The molecule has 0 nitrogen and oxygen atoms in total. The van der Waals surface area contributed by atoms with E-state index in [-0.39, 0.29) is 13.1 Å². The van der Waals surface area contributed by atoms with E-state index in [9.17, 15) is 74.6 Å². The summed E-state index contributed by atoms with van der Waals surface area (Å²) in [5.74, 6) is -49.6. The molecule has 1 aliphatic rings. The minimum Gasteiger partial charge on any atom is -0.204 e. The van der Waals surface area contributed by atoms with Crippen LogP contribution in [0.15, 0.2) is 23.4 Å². The van der Waals surface area contributed by atoms with Gasteiger partial charge in [0.05, 0.1) is 0 Å². The topological polar surface area (TPSA) is 0 Å². The molecule has 0 amide bonds. The summed E-state index contributed by atoms with van der Waals surface area (Å²) in [6.45, 7) is 0.414. The third kappa shape index (κ3) is 3.56. The van der Waals surface area contributed by atoms with E-state index < -0.39 is 66.9 Å². The average Bonchev–Trinajstić information content (AvgIpc) is 3.14. The normalized spacial score (nSPS) is 18.1. The number of allylic oxidation sites excluding steroid dienone is 4. The molecular formula is C15H11F17Si. The van der Waals surface area contributed by atoms with E-state index in [1.807, 2.05) is 0 Å². The van der Waals surface area contributed by atoms with Crippen LogP contribution in [0.5, 0.6) is 0 Å². The van der Waals surface area contributed by atoms with Crippen molar-refractivity contribution in [2.45, 2.75) is 66.8 Å². The van der Waals surface area contributed by atoms with Crippen LogP contribution in [-0.4, -0.2) is 55.3 Å². The highest BCUT2D eigenvalue weighted by Crippen LogP contribution is 2.65. The van der Waals surface area contributed by atoms with Gasteiger partial charge in [0.1, 0.15) is 0 Å². The Bertz CT molecular complexity index is 815. The Morgan fingerprint density at radius 3 is 1.18 bits per heavy atom. The fourth-order valence-corrected chi connectivity index (χ4v) is 5.16. The molecule has 0 saturated heterocycles. The Morgan fingerprint density at radius 2 is 0.879 bits per heavy atom. The first-order valence-electron chi connectivity index (χ1n) is 8.18. The quantitative estimate of drug-likeness (QED) is 0.218. The van der Waals surface area contributed by atoms with Gasteiger partial charge in [-0.05, 0) is 6.42 Å². The molecule has 0 radical (unpaired) electrons. The maximum Gasteiger partial charge on any atom is 0.460 e. The molecule has 0 bridgehead atoms. The molecular weight excluding hydrogens is 531 g/mol. The zero-order valence-electron chi connectivity index (χ0n) is 15.9. The number of hydrogen-bond donors (Lipinski definition) is 0. The van der Waals surface area contributed by atoms with Gasteiger partial charge in [-0.2, -0.15) is 65.9 Å². The number of rotatable bonds is 8. The van der Waals surface area contributed by atoms with E-state index in [2.05, 4.69) is 0 Å². The molecule has 0 atom stereocenters. The van der Waals surface area contributed by atoms with Crippen molar-refractivity contribution in [2.75, 3.05) is 0 Å². The van der Waals surface area contributed by atoms with Gasteiger partial charge in [-0.15, -0.1) is 0 Å². The Kier molecular flexibility index (Phi) is 6.71. The molecule has 18 heteroatoms. The second-order valence-corrected chi connectivity index (χ2v) is 12.0. The van der Waals surface area contributed by atoms with Crippen LogP contribution in [0.25, 0.3) is 0 Å². The highest BCUT2D eigenvalue weighted by molar-refractivity contribution is 6.86. The van der Waals surface area contributed by atoms with Crippen LogP contribution in [0.1, 0.15) is 6.42 Å². The van der Waals surface area contributed by atoms with Crippen LogP contribution < -0.4 is 0 Å². The summed E-state index contributed by atoms with van der Waals surface area (Å²) >= 11 is 0. The molecule has 0 aromatic carbocycles. The van der Waals surface area contributed by atoms with Crippen LogP contribution >= 0.6 is 0 Å². The molecule has 0 saturated carbocycles. The summed E-state index contributed by atoms with van der Waals surface area (Å²) in [7, 11) is -5.35. The van der Waals surface area contributed by atoms with Crippen molar-refractivity contribution in [3.63, 3.8) is 0 Å². The van der Waals surface area contributed by atoms with Crippen LogP contribution in [-0.2, 0) is 0 Å². The van der Waals surface area contributed by atoms with E-state index in [0.717, 1.165) is 12.2 Å². The van der Waals surface area contributed by atoms with Crippen LogP contribution in [0, 0.1) is 0 Å². The maximum atomic E-state index is 14.4. The van der Waals surface area contributed by atoms with E-state index in [0.29, 0.717) is 6.08 Å². The molecule has 0 N–H and O–H groups in total. The van der Waals surface area contributed by atoms with Crippen molar-refractivity contribution >= 4 is 8.07 Å². The Hall–Kier alpha value is -1.49. The average molecular weight is 542 g/mol. The number of alkyl halides is 17. The van der Waals surface area contributed by atoms with Gasteiger partial charge < -0.3 is 0 Å². The minimum absolute atomic E-state index is 0.207. The Labute approximate surface area is 174 Å². The molecule has 0 aromatic rings. The first kappa shape index (κ1) is 29.5. The van der Waals surface area contributed by atoms with Gasteiger partial charge in [0, 0.05) is 0 Å². The highest BCUT2D eigenvalue weighted by Gasteiger charge is 2.95. The van der Waals surface area contributed by atoms with Gasteiger partial charge in [0.15, 0.2) is 8.07 Å². The molecule has 194 valence electrons. The summed E-state index contributed by atoms with van der Waals surface area (Å²) in [5, 5.41) is -0.702. The van der Waals surface area contributed by atoms with E-state index >= 15 is 0 Å². The molecule has 0 spiro atoms.